The third-order valence-corrected chi connectivity index (χ3v) is 3.96. The third-order valence-electron chi connectivity index (χ3n) is 3.96. The molecule has 1 aliphatic carbocycles. The van der Waals surface area contributed by atoms with Gasteiger partial charge in [-0.2, -0.15) is 0 Å². The highest BCUT2D eigenvalue weighted by Gasteiger charge is 2.35. The number of nitrogens with two attached hydrogens (primary N) is 1. The van der Waals surface area contributed by atoms with Gasteiger partial charge in [0, 0.05) is 5.54 Å². The molecule has 5 nitrogen and oxygen atoms in total. The molecule has 1 fully saturated rings. The zero-order valence-corrected chi connectivity index (χ0v) is 11.7. The van der Waals surface area contributed by atoms with Crippen molar-refractivity contribution in [3.8, 4) is 0 Å². The van der Waals surface area contributed by atoms with Crippen LogP contribution in [-0.2, 0) is 4.79 Å². The predicted octanol–water partition coefficient (Wildman–Crippen LogP) is 2.51. The highest BCUT2D eigenvalue weighted by atomic mass is 19.1. The quantitative estimate of drug-likeness (QED) is 0.778. The van der Waals surface area contributed by atoms with Crippen molar-refractivity contribution in [2.45, 2.75) is 44.1 Å². The van der Waals surface area contributed by atoms with Crippen LogP contribution in [0.5, 0.6) is 0 Å². The van der Waals surface area contributed by atoms with Gasteiger partial charge in [0.05, 0.1) is 17.7 Å². The number of primary amides is 1. The fourth-order valence-corrected chi connectivity index (χ4v) is 3.03. The number of rotatable bonds is 5. The van der Waals surface area contributed by atoms with Crippen molar-refractivity contribution in [3.05, 3.63) is 29.6 Å². The minimum Gasteiger partial charge on any atom is -0.481 e. The molecule has 21 heavy (non-hydrogen) atoms. The molecule has 0 atom stereocenters. The molecule has 0 aliphatic heterocycles. The average molecular weight is 294 g/mol. The maximum Gasteiger partial charge on any atom is 0.305 e. The van der Waals surface area contributed by atoms with Gasteiger partial charge in [0.1, 0.15) is 5.82 Å². The summed E-state index contributed by atoms with van der Waals surface area (Å²) in [4.78, 5) is 22.6. The van der Waals surface area contributed by atoms with E-state index in [-0.39, 0.29) is 17.7 Å². The lowest BCUT2D eigenvalue weighted by molar-refractivity contribution is -0.138. The van der Waals surface area contributed by atoms with Crippen LogP contribution < -0.4 is 11.1 Å². The van der Waals surface area contributed by atoms with Gasteiger partial charge in [-0.25, -0.2) is 4.39 Å². The lowest BCUT2D eigenvalue weighted by Crippen LogP contribution is -2.43. The normalized spacial score (nSPS) is 17.2. The Morgan fingerprint density at radius 3 is 2.52 bits per heavy atom. The van der Waals surface area contributed by atoms with Gasteiger partial charge in [0.25, 0.3) is 5.91 Å². The summed E-state index contributed by atoms with van der Waals surface area (Å²) in [5.74, 6) is -2.48. The van der Waals surface area contributed by atoms with Gasteiger partial charge in [-0.3, -0.25) is 9.59 Å². The van der Waals surface area contributed by atoms with Crippen LogP contribution in [-0.4, -0.2) is 22.5 Å². The second-order valence-electron chi connectivity index (χ2n) is 5.56. The largest absolute Gasteiger partial charge is 0.481 e. The first-order valence-electron chi connectivity index (χ1n) is 7.02. The first-order chi connectivity index (χ1) is 9.93. The second kappa shape index (κ2) is 6.11. The number of amides is 1. The predicted molar refractivity (Wildman–Crippen MR) is 76.6 cm³/mol. The average Bonchev–Trinajstić information content (AvgIpc) is 2.38. The van der Waals surface area contributed by atoms with E-state index in [2.05, 4.69) is 5.32 Å². The zero-order valence-electron chi connectivity index (χ0n) is 11.7. The second-order valence-corrected chi connectivity index (χ2v) is 5.56. The maximum atomic E-state index is 13.8. The van der Waals surface area contributed by atoms with Gasteiger partial charge in [-0.15, -0.1) is 0 Å². The van der Waals surface area contributed by atoms with E-state index in [0.717, 1.165) is 25.3 Å². The summed E-state index contributed by atoms with van der Waals surface area (Å²) in [5.41, 5.74) is 4.63. The molecule has 114 valence electrons. The van der Waals surface area contributed by atoms with Gasteiger partial charge >= 0.3 is 5.97 Å². The molecule has 2 rings (SSSR count). The molecule has 0 saturated heterocycles. The number of carbonyl (C=O) groups excluding carboxylic acids is 1. The number of halogens is 1. The Balaban J connectivity index is 2.35. The molecule has 0 bridgehead atoms. The Morgan fingerprint density at radius 1 is 1.29 bits per heavy atom. The minimum atomic E-state index is -0.915. The molecule has 4 N–H and O–H groups in total. The Bertz CT molecular complexity index is 554. The van der Waals surface area contributed by atoms with E-state index in [9.17, 15) is 14.0 Å². The topological polar surface area (TPSA) is 92.4 Å². The lowest BCUT2D eigenvalue weighted by atomic mass is 9.79. The molecule has 0 radical (unpaired) electrons. The monoisotopic (exact) mass is 294 g/mol. The summed E-state index contributed by atoms with van der Waals surface area (Å²) in [6.07, 6.45) is 4.14. The molecule has 0 spiro atoms. The molecule has 1 aromatic carbocycles. The number of carbonyl (C=O) groups is 2. The van der Waals surface area contributed by atoms with Crippen molar-refractivity contribution in [3.63, 3.8) is 0 Å². The number of hydrogen-bond acceptors (Lipinski definition) is 3. The Kier molecular flexibility index (Phi) is 4.45. The number of nitrogens with one attached hydrogen (secondary N) is 1. The number of carboxylic acid groups (broad SMARTS) is 1. The van der Waals surface area contributed by atoms with Gasteiger partial charge in [-0.05, 0) is 25.0 Å². The Labute approximate surface area is 122 Å². The number of aliphatic carboxylic acids is 1. The summed E-state index contributed by atoms with van der Waals surface area (Å²) >= 11 is 0. The van der Waals surface area contributed by atoms with Crippen LogP contribution in [0.2, 0.25) is 0 Å². The SMILES string of the molecule is NC(=O)c1c(F)cccc1NC1(CC(=O)O)CCCCC1. The van der Waals surface area contributed by atoms with Gasteiger partial charge in [-0.1, -0.05) is 25.3 Å². The molecule has 0 aromatic heterocycles. The smallest absolute Gasteiger partial charge is 0.305 e. The van der Waals surface area contributed by atoms with E-state index in [4.69, 9.17) is 10.8 Å². The fourth-order valence-electron chi connectivity index (χ4n) is 3.03. The lowest BCUT2D eigenvalue weighted by Gasteiger charge is -2.38. The van der Waals surface area contributed by atoms with Crippen molar-refractivity contribution < 1.29 is 19.1 Å². The Hall–Kier alpha value is -2.11. The molecular weight excluding hydrogens is 275 g/mol. The molecule has 1 aromatic rings. The molecule has 1 amide bonds. The van der Waals surface area contributed by atoms with Crippen LogP contribution in [0.4, 0.5) is 10.1 Å². The summed E-state index contributed by atoms with van der Waals surface area (Å²) in [6, 6.07) is 4.19. The van der Waals surface area contributed by atoms with E-state index in [1.165, 1.54) is 6.07 Å². The molecule has 1 saturated carbocycles. The first-order valence-corrected chi connectivity index (χ1v) is 7.02. The van der Waals surface area contributed by atoms with E-state index in [1.807, 2.05) is 0 Å². The van der Waals surface area contributed by atoms with Gasteiger partial charge in [0.15, 0.2) is 0 Å². The van der Waals surface area contributed by atoms with Crippen molar-refractivity contribution in [2.75, 3.05) is 5.32 Å². The van der Waals surface area contributed by atoms with Crippen molar-refractivity contribution >= 4 is 17.6 Å². The van der Waals surface area contributed by atoms with E-state index < -0.39 is 23.2 Å². The third kappa shape index (κ3) is 3.51. The molecule has 6 heteroatoms. The Morgan fingerprint density at radius 2 is 1.95 bits per heavy atom. The summed E-state index contributed by atoms with van der Waals surface area (Å²) in [6.45, 7) is 0. The van der Waals surface area contributed by atoms with Crippen LogP contribution in [0.25, 0.3) is 0 Å². The van der Waals surface area contributed by atoms with Crippen molar-refractivity contribution in [1.29, 1.82) is 0 Å². The van der Waals surface area contributed by atoms with Gasteiger partial charge in [0.2, 0.25) is 0 Å². The van der Waals surface area contributed by atoms with Crippen LogP contribution in [0.3, 0.4) is 0 Å². The maximum absolute atomic E-state index is 13.8. The fraction of sp³-hybridized carbons (Fsp3) is 0.467. The summed E-state index contributed by atoms with van der Waals surface area (Å²) in [7, 11) is 0. The number of anilines is 1. The van der Waals surface area contributed by atoms with Crippen molar-refractivity contribution in [2.24, 2.45) is 5.73 Å². The molecule has 0 unspecified atom stereocenters. The van der Waals surface area contributed by atoms with Crippen LogP contribution in [0.15, 0.2) is 18.2 Å². The minimum absolute atomic E-state index is 0.0677. The highest BCUT2D eigenvalue weighted by Crippen LogP contribution is 2.35. The number of carboxylic acids is 1. The molecule has 0 heterocycles. The standard InChI is InChI=1S/C15H19FN2O3/c16-10-5-4-6-11(13(10)14(17)21)18-15(9-12(19)20)7-2-1-3-8-15/h4-6,18H,1-3,7-9H2,(H2,17,21)(H,19,20). The van der Waals surface area contributed by atoms with Crippen LogP contribution in [0.1, 0.15) is 48.9 Å². The van der Waals surface area contributed by atoms with Crippen molar-refractivity contribution in [1.82, 2.24) is 0 Å². The van der Waals surface area contributed by atoms with Crippen LogP contribution in [0, 0.1) is 5.82 Å². The van der Waals surface area contributed by atoms with Crippen LogP contribution >= 0.6 is 0 Å². The van der Waals surface area contributed by atoms with E-state index >= 15 is 0 Å². The number of hydrogen-bond donors (Lipinski definition) is 3. The molecule has 1 aliphatic rings. The summed E-state index contributed by atoms with van der Waals surface area (Å²) < 4.78 is 13.8. The van der Waals surface area contributed by atoms with Gasteiger partial charge < -0.3 is 16.2 Å². The first kappa shape index (κ1) is 15.3. The highest BCUT2D eigenvalue weighted by molar-refractivity contribution is 5.98. The van der Waals surface area contributed by atoms with E-state index in [1.54, 1.807) is 6.07 Å². The summed E-state index contributed by atoms with van der Waals surface area (Å²) in [5, 5.41) is 12.2. The van der Waals surface area contributed by atoms with E-state index in [0.29, 0.717) is 12.8 Å². The molecular formula is C15H19FN2O3. The zero-order chi connectivity index (χ0) is 15.5. The number of benzene rings is 1.